The summed E-state index contributed by atoms with van der Waals surface area (Å²) in [6.07, 6.45) is 1.06. The van der Waals surface area contributed by atoms with Crippen LogP contribution in [0.1, 0.15) is 12.8 Å². The topological polar surface area (TPSA) is 115 Å². The van der Waals surface area contributed by atoms with Crippen molar-refractivity contribution >= 4 is 25.6 Å². The number of hydrogen-bond donors (Lipinski definition) is 1. The number of likely N-dealkylation sites (tertiary alicyclic amines) is 1. The van der Waals surface area contributed by atoms with Crippen molar-refractivity contribution in [3.8, 4) is 0 Å². The average molecular weight is 386 g/mol. The Morgan fingerprint density at radius 1 is 1.08 bits per heavy atom. The van der Waals surface area contributed by atoms with E-state index in [4.69, 9.17) is 5.73 Å². The number of nitrogens with two attached hydrogens (primary N) is 1. The second-order valence-corrected chi connectivity index (χ2v) is 11.1. The van der Waals surface area contributed by atoms with Crippen molar-refractivity contribution in [2.24, 2.45) is 11.7 Å². The molecule has 2 atom stereocenters. The highest BCUT2D eigenvalue weighted by molar-refractivity contribution is 7.96. The molecule has 1 aromatic rings. The molecule has 0 aliphatic carbocycles. The van der Waals surface area contributed by atoms with Crippen LogP contribution in [0.15, 0.2) is 35.2 Å². The van der Waals surface area contributed by atoms with Gasteiger partial charge in [-0.3, -0.25) is 9.69 Å². The maximum absolute atomic E-state index is 13.0. The van der Waals surface area contributed by atoms with E-state index in [1.165, 1.54) is 12.1 Å². The van der Waals surface area contributed by atoms with E-state index in [9.17, 15) is 21.6 Å². The Kier molecular flexibility index (Phi) is 4.91. The second-order valence-electron chi connectivity index (χ2n) is 6.75. The maximum atomic E-state index is 13.0. The number of benzene rings is 1. The minimum Gasteiger partial charge on any atom is -0.369 e. The molecular weight excluding hydrogens is 364 g/mol. The Morgan fingerprint density at radius 2 is 1.68 bits per heavy atom. The third-order valence-corrected chi connectivity index (χ3v) is 9.28. The van der Waals surface area contributed by atoms with Gasteiger partial charge in [-0.1, -0.05) is 18.2 Å². The highest BCUT2D eigenvalue weighted by atomic mass is 32.2. The van der Waals surface area contributed by atoms with Crippen LogP contribution in [0.4, 0.5) is 0 Å². The molecule has 2 fully saturated rings. The van der Waals surface area contributed by atoms with Crippen LogP contribution >= 0.6 is 0 Å². The molecule has 7 nitrogen and oxygen atoms in total. The number of amides is 1. The second kappa shape index (κ2) is 6.69. The Morgan fingerprint density at radius 3 is 2.24 bits per heavy atom. The van der Waals surface area contributed by atoms with Crippen molar-refractivity contribution in [2.75, 3.05) is 24.6 Å². The Hall–Kier alpha value is -1.45. The highest BCUT2D eigenvalue weighted by Gasteiger charge is 2.48. The lowest BCUT2D eigenvalue weighted by Crippen LogP contribution is -2.50. The summed E-state index contributed by atoms with van der Waals surface area (Å²) in [4.78, 5) is 13.4. The van der Waals surface area contributed by atoms with Gasteiger partial charge in [0.25, 0.3) is 0 Å². The predicted molar refractivity (Wildman–Crippen MR) is 93.3 cm³/mol. The molecule has 3 rings (SSSR count). The van der Waals surface area contributed by atoms with Gasteiger partial charge in [-0.15, -0.1) is 0 Å². The summed E-state index contributed by atoms with van der Waals surface area (Å²) in [6, 6.07) is 7.39. The standard InChI is InChI=1S/C16H22N2O5S2/c17-16(19)12-6-8-18(9-7-12)14-10-24(20,21)11-15(14)25(22,23)13-4-2-1-3-5-13/h1-5,12,14-15H,6-11H2,(H2,17,19)/t14-,15-/m0/s1. The van der Waals surface area contributed by atoms with Gasteiger partial charge >= 0.3 is 0 Å². The van der Waals surface area contributed by atoms with Crippen molar-refractivity contribution in [2.45, 2.75) is 29.0 Å². The molecule has 2 aliphatic heterocycles. The van der Waals surface area contributed by atoms with Crippen molar-refractivity contribution in [3.63, 3.8) is 0 Å². The van der Waals surface area contributed by atoms with E-state index >= 15 is 0 Å². The van der Waals surface area contributed by atoms with E-state index in [1.807, 2.05) is 4.90 Å². The molecule has 2 saturated heterocycles. The number of carbonyl (C=O) groups excluding carboxylic acids is 1. The van der Waals surface area contributed by atoms with Gasteiger partial charge in [0.1, 0.15) is 0 Å². The molecule has 0 aromatic heterocycles. The number of nitrogens with zero attached hydrogens (tertiary/aromatic N) is 1. The molecule has 0 spiro atoms. The summed E-state index contributed by atoms with van der Waals surface area (Å²) in [5, 5.41) is -0.981. The number of sulfone groups is 2. The van der Waals surface area contributed by atoms with Crippen LogP contribution in [0, 0.1) is 5.92 Å². The first-order chi connectivity index (χ1) is 11.7. The van der Waals surface area contributed by atoms with Crippen LogP contribution < -0.4 is 5.73 Å². The van der Waals surface area contributed by atoms with Crippen LogP contribution in [0.5, 0.6) is 0 Å². The molecule has 2 heterocycles. The molecule has 0 saturated carbocycles. The smallest absolute Gasteiger partial charge is 0.220 e. The van der Waals surface area contributed by atoms with Gasteiger partial charge in [0.15, 0.2) is 19.7 Å². The van der Waals surface area contributed by atoms with E-state index in [2.05, 4.69) is 0 Å². The largest absolute Gasteiger partial charge is 0.369 e. The lowest BCUT2D eigenvalue weighted by atomic mass is 9.95. The van der Waals surface area contributed by atoms with Crippen molar-refractivity contribution in [1.82, 2.24) is 4.90 Å². The molecule has 25 heavy (non-hydrogen) atoms. The molecule has 2 N–H and O–H groups in total. The number of primary amides is 1. The Bertz CT molecular complexity index is 844. The normalized spacial score (nSPS) is 28.0. The minimum atomic E-state index is -3.75. The number of hydrogen-bond acceptors (Lipinski definition) is 6. The highest BCUT2D eigenvalue weighted by Crippen LogP contribution is 2.31. The summed E-state index contributed by atoms with van der Waals surface area (Å²) >= 11 is 0. The van der Waals surface area contributed by atoms with Crippen molar-refractivity contribution in [3.05, 3.63) is 30.3 Å². The molecule has 1 amide bonds. The summed E-state index contributed by atoms with van der Waals surface area (Å²) in [6.45, 7) is 0.962. The summed E-state index contributed by atoms with van der Waals surface area (Å²) in [5.74, 6) is -1.10. The molecule has 2 aliphatic rings. The quantitative estimate of drug-likeness (QED) is 0.768. The first-order valence-corrected chi connectivity index (χ1v) is 11.6. The van der Waals surface area contributed by atoms with E-state index < -0.39 is 31.0 Å². The SMILES string of the molecule is NC(=O)C1CCN([C@H]2CS(=O)(=O)C[C@@H]2S(=O)(=O)c2ccccc2)CC1. The maximum Gasteiger partial charge on any atom is 0.220 e. The summed E-state index contributed by atoms with van der Waals surface area (Å²) in [7, 11) is -7.18. The molecular formula is C16H22N2O5S2. The third-order valence-electron chi connectivity index (χ3n) is 5.14. The lowest BCUT2D eigenvalue weighted by Gasteiger charge is -2.36. The van der Waals surface area contributed by atoms with Gasteiger partial charge < -0.3 is 5.73 Å². The molecule has 138 valence electrons. The van der Waals surface area contributed by atoms with E-state index in [0.717, 1.165) is 0 Å². The van der Waals surface area contributed by atoms with E-state index in [1.54, 1.807) is 18.2 Å². The van der Waals surface area contributed by atoms with Gasteiger partial charge in [0.05, 0.1) is 21.7 Å². The minimum absolute atomic E-state index is 0.147. The van der Waals surface area contributed by atoms with Gasteiger partial charge in [-0.05, 0) is 38.1 Å². The third kappa shape index (κ3) is 3.73. The van der Waals surface area contributed by atoms with Crippen molar-refractivity contribution < 1.29 is 21.6 Å². The number of piperidine rings is 1. The van der Waals surface area contributed by atoms with E-state index in [-0.39, 0.29) is 28.2 Å². The molecule has 0 bridgehead atoms. The zero-order valence-electron chi connectivity index (χ0n) is 13.7. The monoisotopic (exact) mass is 386 g/mol. The van der Waals surface area contributed by atoms with Gasteiger partial charge in [-0.2, -0.15) is 0 Å². The predicted octanol–water partition coefficient (Wildman–Crippen LogP) is -0.177. The molecule has 0 radical (unpaired) electrons. The van der Waals surface area contributed by atoms with E-state index in [0.29, 0.717) is 25.9 Å². The van der Waals surface area contributed by atoms with Gasteiger partial charge in [0.2, 0.25) is 5.91 Å². The molecule has 0 unspecified atom stereocenters. The first kappa shape index (κ1) is 18.3. The molecule has 1 aromatic carbocycles. The fourth-order valence-electron chi connectivity index (χ4n) is 3.73. The van der Waals surface area contributed by atoms with Gasteiger partial charge in [-0.25, -0.2) is 16.8 Å². The van der Waals surface area contributed by atoms with Crippen LogP contribution in [-0.2, 0) is 24.5 Å². The fourth-order valence-corrected chi connectivity index (χ4v) is 8.59. The zero-order chi connectivity index (χ0) is 18.2. The van der Waals surface area contributed by atoms with Crippen LogP contribution in [0.25, 0.3) is 0 Å². The molecule has 9 heteroatoms. The Labute approximate surface area is 148 Å². The van der Waals surface area contributed by atoms with Crippen LogP contribution in [0.2, 0.25) is 0 Å². The average Bonchev–Trinajstić information content (AvgIpc) is 2.92. The zero-order valence-corrected chi connectivity index (χ0v) is 15.4. The number of carbonyl (C=O) groups is 1. The fraction of sp³-hybridized carbons (Fsp3) is 0.562. The van der Waals surface area contributed by atoms with Gasteiger partial charge in [0, 0.05) is 12.0 Å². The van der Waals surface area contributed by atoms with Crippen molar-refractivity contribution in [1.29, 1.82) is 0 Å². The first-order valence-electron chi connectivity index (χ1n) is 8.23. The summed E-state index contributed by atoms with van der Waals surface area (Å²) < 4.78 is 50.3. The number of rotatable bonds is 4. The van der Waals surface area contributed by atoms with Crippen LogP contribution in [-0.4, -0.2) is 63.5 Å². The summed E-state index contributed by atoms with van der Waals surface area (Å²) in [5.41, 5.74) is 5.33. The lowest BCUT2D eigenvalue weighted by molar-refractivity contribution is -0.123. The van der Waals surface area contributed by atoms with Crippen LogP contribution in [0.3, 0.4) is 0 Å². The Balaban J connectivity index is 1.86.